The van der Waals surface area contributed by atoms with Gasteiger partial charge in [-0.1, -0.05) is 23.7 Å². The number of aliphatic hydroxyl groups excluding tert-OH is 1. The van der Waals surface area contributed by atoms with Crippen LogP contribution in [0.1, 0.15) is 18.5 Å². The highest BCUT2D eigenvalue weighted by Crippen LogP contribution is 2.17. The summed E-state index contributed by atoms with van der Waals surface area (Å²) in [7, 11) is 0. The number of β-amino-alcohol motifs (C(OH)–C–C–N with tert-alkyl or cyclic N) is 1. The van der Waals surface area contributed by atoms with Gasteiger partial charge in [0.05, 0.1) is 19.3 Å². The maximum absolute atomic E-state index is 10.1. The number of aliphatic hydroxyl groups is 1. The quantitative estimate of drug-likeness (QED) is 0.839. The first-order valence-electron chi connectivity index (χ1n) is 7.12. The average Bonchev–Trinajstić information content (AvgIpc) is 2.46. The molecule has 0 aliphatic carbocycles. The van der Waals surface area contributed by atoms with Crippen molar-refractivity contribution in [3.8, 4) is 0 Å². The number of nitrogens with one attached hydrogen (secondary N) is 1. The third-order valence-corrected chi connectivity index (χ3v) is 3.82. The van der Waals surface area contributed by atoms with Crippen molar-refractivity contribution < 1.29 is 9.84 Å². The minimum Gasteiger partial charge on any atom is -0.390 e. The van der Waals surface area contributed by atoms with Crippen molar-refractivity contribution in [3.05, 3.63) is 34.9 Å². The van der Waals surface area contributed by atoms with E-state index in [-0.39, 0.29) is 12.1 Å². The van der Waals surface area contributed by atoms with Gasteiger partial charge in [-0.2, -0.15) is 0 Å². The van der Waals surface area contributed by atoms with Gasteiger partial charge in [-0.15, -0.1) is 0 Å². The lowest BCUT2D eigenvalue weighted by atomic mass is 10.1. The van der Waals surface area contributed by atoms with E-state index >= 15 is 0 Å². The fraction of sp³-hybridized carbons (Fsp3) is 0.600. The van der Waals surface area contributed by atoms with Crippen molar-refractivity contribution in [1.82, 2.24) is 10.2 Å². The second-order valence-corrected chi connectivity index (χ2v) is 5.69. The van der Waals surface area contributed by atoms with Crippen molar-refractivity contribution in [2.24, 2.45) is 0 Å². The first-order chi connectivity index (χ1) is 9.65. The molecule has 1 aliphatic rings. The van der Waals surface area contributed by atoms with E-state index in [0.29, 0.717) is 13.1 Å². The van der Waals surface area contributed by atoms with E-state index in [0.717, 1.165) is 36.9 Å². The molecule has 4 nitrogen and oxygen atoms in total. The average molecular weight is 299 g/mol. The number of ether oxygens (including phenoxy) is 1. The minimum absolute atomic E-state index is 0.174. The van der Waals surface area contributed by atoms with Crippen molar-refractivity contribution in [3.63, 3.8) is 0 Å². The summed E-state index contributed by atoms with van der Waals surface area (Å²) in [4.78, 5) is 2.24. The van der Waals surface area contributed by atoms with Gasteiger partial charge in [0.1, 0.15) is 0 Å². The first kappa shape index (κ1) is 15.7. The van der Waals surface area contributed by atoms with Gasteiger partial charge in [-0.05, 0) is 24.6 Å². The molecule has 0 bridgehead atoms. The molecule has 1 aromatic carbocycles. The van der Waals surface area contributed by atoms with Gasteiger partial charge in [0, 0.05) is 37.2 Å². The predicted octanol–water partition coefficient (Wildman–Crippen LogP) is 1.68. The Morgan fingerprint density at radius 2 is 2.15 bits per heavy atom. The van der Waals surface area contributed by atoms with E-state index in [1.165, 1.54) is 0 Å². The largest absolute Gasteiger partial charge is 0.390 e. The smallest absolute Gasteiger partial charge is 0.0791 e. The Morgan fingerprint density at radius 1 is 1.40 bits per heavy atom. The Bertz CT molecular complexity index is 411. The second kappa shape index (κ2) is 7.96. The number of benzene rings is 1. The molecule has 1 aliphatic heterocycles. The molecule has 2 rings (SSSR count). The van der Waals surface area contributed by atoms with E-state index in [2.05, 4.69) is 17.1 Å². The SMILES string of the molecule is C[C@H](NCC(O)CN1CCOCC1)c1cccc(Cl)c1. The molecular formula is C15H23ClN2O2. The summed E-state index contributed by atoms with van der Waals surface area (Å²) >= 11 is 5.98. The van der Waals surface area contributed by atoms with Gasteiger partial charge < -0.3 is 15.2 Å². The van der Waals surface area contributed by atoms with Crippen molar-refractivity contribution in [2.45, 2.75) is 19.1 Å². The lowest BCUT2D eigenvalue weighted by molar-refractivity contribution is 0.0145. The fourth-order valence-corrected chi connectivity index (χ4v) is 2.55. The Kier molecular flexibility index (Phi) is 6.26. The molecule has 112 valence electrons. The maximum Gasteiger partial charge on any atom is 0.0791 e. The first-order valence-corrected chi connectivity index (χ1v) is 7.50. The van der Waals surface area contributed by atoms with E-state index in [9.17, 15) is 5.11 Å². The summed E-state index contributed by atoms with van der Waals surface area (Å²) in [5.74, 6) is 0. The highest BCUT2D eigenvalue weighted by Gasteiger charge is 2.15. The van der Waals surface area contributed by atoms with Gasteiger partial charge in [0.25, 0.3) is 0 Å². The zero-order valence-electron chi connectivity index (χ0n) is 11.9. The summed E-state index contributed by atoms with van der Waals surface area (Å²) in [5, 5.41) is 14.2. The van der Waals surface area contributed by atoms with Crippen LogP contribution in [0.15, 0.2) is 24.3 Å². The highest BCUT2D eigenvalue weighted by molar-refractivity contribution is 6.30. The van der Waals surface area contributed by atoms with Crippen LogP contribution in [-0.4, -0.2) is 55.5 Å². The van der Waals surface area contributed by atoms with Gasteiger partial charge in [0.15, 0.2) is 0 Å². The molecule has 2 atom stereocenters. The van der Waals surface area contributed by atoms with E-state index in [1.54, 1.807) is 0 Å². The number of nitrogens with zero attached hydrogens (tertiary/aromatic N) is 1. The molecule has 0 spiro atoms. The Hall–Kier alpha value is -0.650. The van der Waals surface area contributed by atoms with Crippen LogP contribution in [-0.2, 0) is 4.74 Å². The van der Waals surface area contributed by atoms with Gasteiger partial charge in [-0.3, -0.25) is 4.90 Å². The normalized spacial score (nSPS) is 19.8. The summed E-state index contributed by atoms with van der Waals surface area (Å²) in [5.41, 5.74) is 1.14. The number of hydrogen-bond donors (Lipinski definition) is 2. The van der Waals surface area contributed by atoms with Crippen LogP contribution < -0.4 is 5.32 Å². The number of halogens is 1. The van der Waals surface area contributed by atoms with Gasteiger partial charge in [-0.25, -0.2) is 0 Å². The number of hydrogen-bond acceptors (Lipinski definition) is 4. The third kappa shape index (κ3) is 5.04. The lowest BCUT2D eigenvalue weighted by Gasteiger charge is -2.29. The molecule has 0 radical (unpaired) electrons. The van der Waals surface area contributed by atoms with Gasteiger partial charge in [0.2, 0.25) is 0 Å². The highest BCUT2D eigenvalue weighted by atomic mass is 35.5. The molecule has 5 heteroatoms. The van der Waals surface area contributed by atoms with Crippen LogP contribution >= 0.6 is 11.6 Å². The van der Waals surface area contributed by atoms with E-state index in [4.69, 9.17) is 16.3 Å². The van der Waals surface area contributed by atoms with Crippen LogP contribution in [0.5, 0.6) is 0 Å². The zero-order valence-corrected chi connectivity index (χ0v) is 12.6. The molecule has 1 saturated heterocycles. The zero-order chi connectivity index (χ0) is 14.4. The molecule has 0 aromatic heterocycles. The van der Waals surface area contributed by atoms with Crippen molar-refractivity contribution in [2.75, 3.05) is 39.4 Å². The molecular weight excluding hydrogens is 276 g/mol. The maximum atomic E-state index is 10.1. The summed E-state index contributed by atoms with van der Waals surface area (Å²) in [6.45, 7) is 6.68. The van der Waals surface area contributed by atoms with Crippen molar-refractivity contribution >= 4 is 11.6 Å². The Morgan fingerprint density at radius 3 is 2.85 bits per heavy atom. The lowest BCUT2D eigenvalue weighted by Crippen LogP contribution is -2.44. The predicted molar refractivity (Wildman–Crippen MR) is 81.1 cm³/mol. The fourth-order valence-electron chi connectivity index (χ4n) is 2.35. The standard InChI is InChI=1S/C15H23ClN2O2/c1-12(13-3-2-4-14(16)9-13)17-10-15(19)11-18-5-7-20-8-6-18/h2-4,9,12,15,17,19H,5-8,10-11H2,1H3/t12-,15?/m0/s1. The Labute approximate surface area is 125 Å². The monoisotopic (exact) mass is 298 g/mol. The van der Waals surface area contributed by atoms with Crippen LogP contribution in [0, 0.1) is 0 Å². The van der Waals surface area contributed by atoms with Crippen LogP contribution in [0.25, 0.3) is 0 Å². The van der Waals surface area contributed by atoms with E-state index < -0.39 is 0 Å². The summed E-state index contributed by atoms with van der Waals surface area (Å²) < 4.78 is 5.30. The molecule has 1 fully saturated rings. The molecule has 0 amide bonds. The van der Waals surface area contributed by atoms with Crippen molar-refractivity contribution in [1.29, 1.82) is 0 Å². The van der Waals surface area contributed by atoms with Gasteiger partial charge >= 0.3 is 0 Å². The molecule has 0 saturated carbocycles. The molecule has 2 N–H and O–H groups in total. The molecule has 1 aromatic rings. The number of rotatable bonds is 6. The van der Waals surface area contributed by atoms with Crippen LogP contribution in [0.2, 0.25) is 5.02 Å². The third-order valence-electron chi connectivity index (χ3n) is 3.58. The van der Waals surface area contributed by atoms with E-state index in [1.807, 2.05) is 24.3 Å². The number of morpholine rings is 1. The topological polar surface area (TPSA) is 44.7 Å². The van der Waals surface area contributed by atoms with Crippen LogP contribution in [0.4, 0.5) is 0 Å². The summed E-state index contributed by atoms with van der Waals surface area (Å²) in [6, 6.07) is 7.98. The molecule has 20 heavy (non-hydrogen) atoms. The Balaban J connectivity index is 1.73. The summed E-state index contributed by atoms with van der Waals surface area (Å²) in [6.07, 6.45) is -0.366. The minimum atomic E-state index is -0.366. The molecule has 1 unspecified atom stereocenters. The second-order valence-electron chi connectivity index (χ2n) is 5.25. The molecule has 1 heterocycles. The van der Waals surface area contributed by atoms with Crippen LogP contribution in [0.3, 0.4) is 0 Å².